The van der Waals surface area contributed by atoms with Crippen molar-refractivity contribution in [3.8, 4) is 0 Å². The van der Waals surface area contributed by atoms with Crippen molar-refractivity contribution in [1.82, 2.24) is 10.2 Å². The molecule has 0 aromatic rings. The molecule has 6 fully saturated rings. The third kappa shape index (κ3) is 6.09. The molecule has 5 saturated carbocycles. The summed E-state index contributed by atoms with van der Waals surface area (Å²) < 4.78 is 6.17. The fourth-order valence-corrected chi connectivity index (χ4v) is 14.2. The molecule has 2 N–H and O–H groups in total. The molecule has 0 spiro atoms. The van der Waals surface area contributed by atoms with Crippen LogP contribution >= 0.6 is 0 Å². The van der Waals surface area contributed by atoms with E-state index in [9.17, 15) is 24.3 Å². The number of hydrogen-bond donors (Lipinski definition) is 2. The maximum atomic E-state index is 13.8. The third-order valence-corrected chi connectivity index (χ3v) is 17.1. The molecule has 1 heterocycles. The second-order valence-electron chi connectivity index (χ2n) is 20.4. The quantitative estimate of drug-likeness (QED) is 0.194. The number of carboxylic acids is 1. The fraction of sp³-hybridized carbons (Fsp3) is 0.860. The van der Waals surface area contributed by atoms with Crippen LogP contribution in [0.4, 0.5) is 0 Å². The van der Waals surface area contributed by atoms with E-state index in [-0.39, 0.29) is 57.5 Å². The van der Waals surface area contributed by atoms with E-state index < -0.39 is 17.4 Å². The number of nitrogens with one attached hydrogen (secondary N) is 1. The molecule has 0 aromatic carbocycles. The number of rotatable bonds is 8. The van der Waals surface area contributed by atoms with Gasteiger partial charge in [0.2, 0.25) is 11.8 Å². The molecule has 5 aliphatic carbocycles. The van der Waals surface area contributed by atoms with Crippen LogP contribution in [0.1, 0.15) is 146 Å². The number of fused-ring (bicyclic) bond motifs is 7. The fourth-order valence-electron chi connectivity index (χ4n) is 14.2. The molecule has 8 heteroatoms. The molecule has 1 saturated heterocycles. The molecule has 6 rings (SSSR count). The van der Waals surface area contributed by atoms with E-state index in [1.807, 2.05) is 4.90 Å². The Bertz CT molecular complexity index is 1450. The number of nitrogens with zero attached hydrogens (tertiary/aromatic N) is 1. The minimum Gasteiger partial charge on any atom is -0.481 e. The Hall–Kier alpha value is -2.38. The van der Waals surface area contributed by atoms with Gasteiger partial charge >= 0.3 is 11.9 Å². The average molecular weight is 709 g/mol. The second kappa shape index (κ2) is 12.9. The Morgan fingerprint density at radius 3 is 2.20 bits per heavy atom. The molecule has 11 atom stereocenters. The van der Waals surface area contributed by atoms with Crippen molar-refractivity contribution in [1.29, 1.82) is 0 Å². The van der Waals surface area contributed by atoms with Gasteiger partial charge in [0.25, 0.3) is 0 Å². The van der Waals surface area contributed by atoms with Crippen molar-refractivity contribution in [3.63, 3.8) is 0 Å². The lowest BCUT2D eigenvalue weighted by molar-refractivity contribution is -0.250. The summed E-state index contributed by atoms with van der Waals surface area (Å²) in [6.07, 6.45) is 12.0. The van der Waals surface area contributed by atoms with Gasteiger partial charge in [-0.3, -0.25) is 19.2 Å². The lowest BCUT2D eigenvalue weighted by Crippen LogP contribution is -2.67. The van der Waals surface area contributed by atoms with Crippen LogP contribution in [0.2, 0.25) is 0 Å². The van der Waals surface area contributed by atoms with Crippen molar-refractivity contribution in [2.75, 3.05) is 13.1 Å². The number of carbonyl (C=O) groups excluding carboxylic acids is 3. The second-order valence-corrected chi connectivity index (χ2v) is 20.4. The number of ether oxygens (including phenoxy) is 1. The maximum Gasteiger partial charge on any atom is 0.309 e. The highest BCUT2D eigenvalue weighted by Crippen LogP contribution is 2.78. The standard InChI is InChI=1S/C43H68N2O6/c1-26(2)29-13-19-43(23-34(47)44-28-16-22-45(25-28)27(3)46)21-20-41(9)30(36(29)43)11-12-32-40(8)17-15-33(51-35(48)24-38(4,5)37(49)50)39(6,7)31(40)14-18-42(32,41)10/h28-33,36H,1,11-25H2,2-10H3,(H,44,47)(H,49,50)/t28-,29+,30-,31+,32-,33+,36-,40+,41-,42-,43-/m1/s1. The number of allylic oxidation sites excluding steroid dienone is 1. The first kappa shape index (κ1) is 38.3. The minimum absolute atomic E-state index is 0.000175. The summed E-state index contributed by atoms with van der Waals surface area (Å²) in [5.41, 5.74) is 0.383. The summed E-state index contributed by atoms with van der Waals surface area (Å²) in [7, 11) is 0. The van der Waals surface area contributed by atoms with E-state index in [0.29, 0.717) is 42.6 Å². The van der Waals surface area contributed by atoms with Crippen LogP contribution in [-0.4, -0.2) is 59.0 Å². The zero-order valence-corrected chi connectivity index (χ0v) is 33.3. The van der Waals surface area contributed by atoms with Crippen LogP contribution in [-0.2, 0) is 23.9 Å². The minimum atomic E-state index is -1.15. The van der Waals surface area contributed by atoms with Gasteiger partial charge in [-0.05, 0) is 143 Å². The first-order chi connectivity index (χ1) is 23.6. The zero-order valence-electron chi connectivity index (χ0n) is 33.3. The lowest BCUT2D eigenvalue weighted by Gasteiger charge is -2.73. The van der Waals surface area contributed by atoms with E-state index in [1.165, 1.54) is 18.4 Å². The highest BCUT2D eigenvalue weighted by molar-refractivity contribution is 5.81. The number of aliphatic carboxylic acids is 1. The highest BCUT2D eigenvalue weighted by atomic mass is 16.5. The van der Waals surface area contributed by atoms with Gasteiger partial charge in [0.05, 0.1) is 11.8 Å². The SMILES string of the molecule is C=C(C)[C@@H]1CC[C@]2(CC(=O)N[C@@H]3CCN(C(C)=O)C3)CC[C@]3(C)[C@H](CC[C@@H]4[C@@]5(C)CC[C@H](OC(=O)CC(C)(C)C(=O)O)C(C)(C)[C@@H]5CC[C@]43C)[C@@H]12. The molecule has 286 valence electrons. The van der Waals surface area contributed by atoms with Gasteiger partial charge in [-0.2, -0.15) is 0 Å². The number of likely N-dealkylation sites (tertiary alicyclic amines) is 1. The molecule has 51 heavy (non-hydrogen) atoms. The van der Waals surface area contributed by atoms with Gasteiger partial charge < -0.3 is 20.1 Å². The average Bonchev–Trinajstić information content (AvgIpc) is 3.64. The van der Waals surface area contributed by atoms with E-state index in [0.717, 1.165) is 64.3 Å². The molecule has 0 bridgehead atoms. The first-order valence-electron chi connectivity index (χ1n) is 20.2. The smallest absolute Gasteiger partial charge is 0.309 e. The van der Waals surface area contributed by atoms with Gasteiger partial charge in [0, 0.05) is 37.9 Å². The zero-order chi connectivity index (χ0) is 37.5. The van der Waals surface area contributed by atoms with Crippen molar-refractivity contribution in [2.24, 2.45) is 62.1 Å². The lowest BCUT2D eigenvalue weighted by atomic mass is 9.32. The predicted molar refractivity (Wildman–Crippen MR) is 198 cm³/mol. The Labute approximate surface area is 307 Å². The molecular formula is C43H68N2O6. The highest BCUT2D eigenvalue weighted by Gasteiger charge is 2.71. The number of esters is 1. The van der Waals surface area contributed by atoms with Crippen molar-refractivity contribution >= 4 is 23.8 Å². The molecule has 6 aliphatic rings. The summed E-state index contributed by atoms with van der Waals surface area (Å²) in [6, 6.07) is 0.0492. The van der Waals surface area contributed by atoms with Crippen LogP contribution in [0.15, 0.2) is 12.2 Å². The number of hydrogen-bond acceptors (Lipinski definition) is 5. The van der Waals surface area contributed by atoms with Gasteiger partial charge in [-0.1, -0.05) is 46.8 Å². The molecule has 0 radical (unpaired) electrons. The van der Waals surface area contributed by atoms with Crippen LogP contribution in [0.25, 0.3) is 0 Å². The van der Waals surface area contributed by atoms with Gasteiger partial charge in [-0.15, -0.1) is 0 Å². The first-order valence-corrected chi connectivity index (χ1v) is 20.2. The van der Waals surface area contributed by atoms with Crippen molar-refractivity contribution < 1.29 is 29.0 Å². The predicted octanol–water partition coefficient (Wildman–Crippen LogP) is 8.18. The van der Waals surface area contributed by atoms with Gasteiger partial charge in [-0.25, -0.2) is 0 Å². The Morgan fingerprint density at radius 1 is 0.863 bits per heavy atom. The summed E-state index contributed by atoms with van der Waals surface area (Å²) in [5, 5.41) is 13.0. The summed E-state index contributed by atoms with van der Waals surface area (Å²) in [4.78, 5) is 52.5. The van der Waals surface area contributed by atoms with Crippen LogP contribution in [0.5, 0.6) is 0 Å². The molecule has 8 nitrogen and oxygen atoms in total. The molecular weight excluding hydrogens is 640 g/mol. The van der Waals surface area contributed by atoms with Crippen molar-refractivity contribution in [3.05, 3.63) is 12.2 Å². The van der Waals surface area contributed by atoms with Crippen LogP contribution in [0.3, 0.4) is 0 Å². The van der Waals surface area contributed by atoms with E-state index in [4.69, 9.17) is 4.74 Å². The Balaban J connectivity index is 1.22. The molecule has 0 aromatic heterocycles. The number of carbonyl (C=O) groups is 4. The van der Waals surface area contributed by atoms with Gasteiger partial charge in [0.15, 0.2) is 0 Å². The molecule has 2 amide bonds. The maximum absolute atomic E-state index is 13.8. The van der Waals surface area contributed by atoms with E-state index in [2.05, 4.69) is 53.4 Å². The Kier molecular flexibility index (Phi) is 9.69. The number of amides is 2. The van der Waals surface area contributed by atoms with Crippen molar-refractivity contribution in [2.45, 2.75) is 158 Å². The molecule has 1 aliphatic heterocycles. The summed E-state index contributed by atoms with van der Waals surface area (Å²) >= 11 is 0. The third-order valence-electron chi connectivity index (χ3n) is 17.1. The van der Waals surface area contributed by atoms with Crippen LogP contribution < -0.4 is 5.32 Å². The monoisotopic (exact) mass is 709 g/mol. The normalized spacial score (nSPS) is 42.8. The summed E-state index contributed by atoms with van der Waals surface area (Å²) in [5.74, 6) is 1.31. The van der Waals surface area contributed by atoms with Crippen LogP contribution in [0, 0.1) is 62.1 Å². The topological polar surface area (TPSA) is 113 Å². The largest absolute Gasteiger partial charge is 0.481 e. The van der Waals surface area contributed by atoms with E-state index in [1.54, 1.807) is 20.8 Å². The Morgan fingerprint density at radius 2 is 1.57 bits per heavy atom. The molecule has 0 unspecified atom stereocenters. The number of carboxylic acid groups (broad SMARTS) is 1. The van der Waals surface area contributed by atoms with Gasteiger partial charge in [0.1, 0.15) is 6.10 Å². The summed E-state index contributed by atoms with van der Waals surface area (Å²) in [6.45, 7) is 25.3. The van der Waals surface area contributed by atoms with E-state index >= 15 is 0 Å².